The fourth-order valence-corrected chi connectivity index (χ4v) is 2.32. The summed E-state index contributed by atoms with van der Waals surface area (Å²) in [4.78, 5) is 26.1. The SMILES string of the molecule is CCCNC(=O)CNC(=O)CN(C)Cc1cccs1. The van der Waals surface area contributed by atoms with Gasteiger partial charge in [0.15, 0.2) is 0 Å². The van der Waals surface area contributed by atoms with Gasteiger partial charge in [-0.05, 0) is 24.9 Å². The van der Waals surface area contributed by atoms with Crippen LogP contribution in [0.5, 0.6) is 0 Å². The number of rotatable bonds is 8. The van der Waals surface area contributed by atoms with E-state index in [1.54, 1.807) is 11.3 Å². The zero-order chi connectivity index (χ0) is 14.1. The largest absolute Gasteiger partial charge is 0.355 e. The second-order valence-corrected chi connectivity index (χ2v) is 5.41. The number of likely N-dealkylation sites (N-methyl/N-ethyl adjacent to an activating group) is 1. The standard InChI is InChI=1S/C13H21N3O2S/c1-3-6-14-12(17)8-15-13(18)10-16(2)9-11-5-4-7-19-11/h4-5,7H,3,6,8-10H2,1-2H3,(H,14,17)(H,15,18). The Morgan fingerprint density at radius 2 is 2.11 bits per heavy atom. The Morgan fingerprint density at radius 3 is 2.74 bits per heavy atom. The number of nitrogens with one attached hydrogen (secondary N) is 2. The van der Waals surface area contributed by atoms with Crippen molar-refractivity contribution in [2.24, 2.45) is 0 Å². The molecule has 19 heavy (non-hydrogen) atoms. The Morgan fingerprint density at radius 1 is 1.32 bits per heavy atom. The van der Waals surface area contributed by atoms with E-state index < -0.39 is 0 Å². The van der Waals surface area contributed by atoms with Crippen LogP contribution in [0.1, 0.15) is 18.2 Å². The monoisotopic (exact) mass is 283 g/mol. The number of hydrogen-bond donors (Lipinski definition) is 2. The van der Waals surface area contributed by atoms with Crippen molar-refractivity contribution in [2.45, 2.75) is 19.9 Å². The third-order valence-corrected chi connectivity index (χ3v) is 3.30. The van der Waals surface area contributed by atoms with Gasteiger partial charge >= 0.3 is 0 Å². The van der Waals surface area contributed by atoms with Gasteiger partial charge in [-0.15, -0.1) is 11.3 Å². The Hall–Kier alpha value is -1.40. The number of thiophene rings is 1. The maximum absolute atomic E-state index is 11.6. The van der Waals surface area contributed by atoms with E-state index in [1.165, 1.54) is 4.88 Å². The van der Waals surface area contributed by atoms with E-state index in [0.29, 0.717) is 13.1 Å². The van der Waals surface area contributed by atoms with Crippen molar-refractivity contribution >= 4 is 23.2 Å². The Labute approximate surface area is 118 Å². The molecule has 6 heteroatoms. The Kier molecular flexibility index (Phi) is 7.14. The normalized spacial score (nSPS) is 10.5. The first-order valence-electron chi connectivity index (χ1n) is 6.36. The van der Waals surface area contributed by atoms with E-state index in [0.717, 1.165) is 13.0 Å². The molecule has 0 atom stereocenters. The Balaban J connectivity index is 2.18. The molecule has 2 N–H and O–H groups in total. The van der Waals surface area contributed by atoms with Crippen molar-refractivity contribution in [1.29, 1.82) is 0 Å². The Bertz CT molecular complexity index is 393. The summed E-state index contributed by atoms with van der Waals surface area (Å²) in [6, 6.07) is 4.03. The lowest BCUT2D eigenvalue weighted by Crippen LogP contribution is -2.41. The number of hydrogen-bond acceptors (Lipinski definition) is 4. The molecule has 0 unspecified atom stereocenters. The van der Waals surface area contributed by atoms with Crippen LogP contribution in [0.15, 0.2) is 17.5 Å². The lowest BCUT2D eigenvalue weighted by atomic mass is 10.4. The summed E-state index contributed by atoms with van der Waals surface area (Å²) in [5.41, 5.74) is 0. The average molecular weight is 283 g/mol. The molecule has 1 heterocycles. The molecule has 106 valence electrons. The smallest absolute Gasteiger partial charge is 0.239 e. The maximum atomic E-state index is 11.6. The van der Waals surface area contributed by atoms with Gasteiger partial charge in [-0.2, -0.15) is 0 Å². The van der Waals surface area contributed by atoms with E-state index in [2.05, 4.69) is 10.6 Å². The zero-order valence-electron chi connectivity index (χ0n) is 11.4. The number of carbonyl (C=O) groups excluding carboxylic acids is 2. The molecule has 1 aromatic rings. The first-order chi connectivity index (χ1) is 9.11. The highest BCUT2D eigenvalue weighted by atomic mass is 32.1. The van der Waals surface area contributed by atoms with Gasteiger partial charge in [-0.3, -0.25) is 14.5 Å². The van der Waals surface area contributed by atoms with Crippen LogP contribution < -0.4 is 10.6 Å². The van der Waals surface area contributed by atoms with Crippen molar-refractivity contribution < 1.29 is 9.59 Å². The number of carbonyl (C=O) groups is 2. The van der Waals surface area contributed by atoms with Gasteiger partial charge in [0.25, 0.3) is 0 Å². The van der Waals surface area contributed by atoms with Crippen LogP contribution in [0.4, 0.5) is 0 Å². The quantitative estimate of drug-likeness (QED) is 0.742. The van der Waals surface area contributed by atoms with Gasteiger partial charge in [0.1, 0.15) is 0 Å². The van der Waals surface area contributed by atoms with Crippen molar-refractivity contribution in [1.82, 2.24) is 15.5 Å². The molecule has 1 aromatic heterocycles. The predicted octanol–water partition coefficient (Wildman–Crippen LogP) is 0.822. The first-order valence-corrected chi connectivity index (χ1v) is 7.24. The summed E-state index contributed by atoms with van der Waals surface area (Å²) in [6.45, 7) is 3.71. The maximum Gasteiger partial charge on any atom is 0.239 e. The van der Waals surface area contributed by atoms with E-state index >= 15 is 0 Å². The summed E-state index contributed by atoms with van der Waals surface area (Å²) >= 11 is 1.67. The molecule has 0 saturated carbocycles. The third kappa shape index (κ3) is 6.93. The second-order valence-electron chi connectivity index (χ2n) is 4.38. The minimum Gasteiger partial charge on any atom is -0.355 e. The minimum absolute atomic E-state index is 0.0473. The summed E-state index contributed by atoms with van der Waals surface area (Å²) in [7, 11) is 1.89. The molecule has 0 radical (unpaired) electrons. The van der Waals surface area contributed by atoms with E-state index in [-0.39, 0.29) is 18.4 Å². The molecule has 0 aliphatic carbocycles. The predicted molar refractivity (Wildman–Crippen MR) is 77.0 cm³/mol. The van der Waals surface area contributed by atoms with Crippen LogP contribution in [0.2, 0.25) is 0 Å². The summed E-state index contributed by atoms with van der Waals surface area (Å²) in [6.07, 6.45) is 0.892. The lowest BCUT2D eigenvalue weighted by molar-refractivity contribution is -0.126. The fourth-order valence-electron chi connectivity index (χ4n) is 1.53. The highest BCUT2D eigenvalue weighted by Crippen LogP contribution is 2.10. The van der Waals surface area contributed by atoms with Gasteiger partial charge in [0.2, 0.25) is 11.8 Å². The van der Waals surface area contributed by atoms with Crippen LogP contribution in [-0.4, -0.2) is 43.4 Å². The number of amides is 2. The summed E-state index contributed by atoms with van der Waals surface area (Å²) < 4.78 is 0. The van der Waals surface area contributed by atoms with Gasteiger partial charge in [0, 0.05) is 18.0 Å². The lowest BCUT2D eigenvalue weighted by Gasteiger charge is -2.15. The van der Waals surface area contributed by atoms with Crippen molar-refractivity contribution in [3.05, 3.63) is 22.4 Å². The molecule has 0 spiro atoms. The van der Waals surface area contributed by atoms with Gasteiger partial charge < -0.3 is 10.6 Å². The molecule has 0 aliphatic heterocycles. The van der Waals surface area contributed by atoms with Crippen molar-refractivity contribution in [3.63, 3.8) is 0 Å². The average Bonchev–Trinajstić information content (AvgIpc) is 2.86. The molecule has 0 aliphatic rings. The van der Waals surface area contributed by atoms with E-state index in [9.17, 15) is 9.59 Å². The second kappa shape index (κ2) is 8.66. The van der Waals surface area contributed by atoms with Gasteiger partial charge in [0.05, 0.1) is 13.1 Å². The molecule has 0 aromatic carbocycles. The van der Waals surface area contributed by atoms with Gasteiger partial charge in [-0.25, -0.2) is 0 Å². The van der Waals surface area contributed by atoms with Gasteiger partial charge in [-0.1, -0.05) is 13.0 Å². The molecule has 0 saturated heterocycles. The molecule has 0 bridgehead atoms. The molecule has 0 fully saturated rings. The molecular weight excluding hydrogens is 262 g/mol. The number of nitrogens with zero attached hydrogens (tertiary/aromatic N) is 1. The summed E-state index contributed by atoms with van der Waals surface area (Å²) in [5.74, 6) is -0.276. The van der Waals surface area contributed by atoms with Crippen molar-refractivity contribution in [2.75, 3.05) is 26.7 Å². The minimum atomic E-state index is -0.142. The van der Waals surface area contributed by atoms with Crippen LogP contribution >= 0.6 is 11.3 Å². The van der Waals surface area contributed by atoms with Crippen LogP contribution in [0.3, 0.4) is 0 Å². The topological polar surface area (TPSA) is 61.4 Å². The van der Waals surface area contributed by atoms with Crippen LogP contribution in [-0.2, 0) is 16.1 Å². The third-order valence-electron chi connectivity index (χ3n) is 2.44. The van der Waals surface area contributed by atoms with Crippen molar-refractivity contribution in [3.8, 4) is 0 Å². The molecule has 5 nitrogen and oxygen atoms in total. The van der Waals surface area contributed by atoms with E-state index in [4.69, 9.17) is 0 Å². The highest BCUT2D eigenvalue weighted by molar-refractivity contribution is 7.09. The molecular formula is C13H21N3O2S. The first kappa shape index (κ1) is 15.7. The van der Waals surface area contributed by atoms with E-state index in [1.807, 2.05) is 36.4 Å². The molecule has 1 rings (SSSR count). The molecule has 2 amide bonds. The zero-order valence-corrected chi connectivity index (χ0v) is 12.3. The van der Waals surface area contributed by atoms with Crippen LogP contribution in [0, 0.1) is 0 Å². The fraction of sp³-hybridized carbons (Fsp3) is 0.538. The van der Waals surface area contributed by atoms with Crippen LogP contribution in [0.25, 0.3) is 0 Å². The summed E-state index contributed by atoms with van der Waals surface area (Å²) in [5, 5.41) is 7.34. The highest BCUT2D eigenvalue weighted by Gasteiger charge is 2.08.